The van der Waals surface area contributed by atoms with E-state index in [4.69, 9.17) is 16.7 Å². The highest BCUT2D eigenvalue weighted by Crippen LogP contribution is 2.45. The fourth-order valence-electron chi connectivity index (χ4n) is 4.34. The van der Waals surface area contributed by atoms with E-state index in [1.807, 2.05) is 54.1 Å². The highest BCUT2D eigenvalue weighted by atomic mass is 35.5. The molecule has 0 atom stereocenters. The number of anilines is 2. The number of hydrogen-bond acceptors (Lipinski definition) is 5. The van der Waals surface area contributed by atoms with Crippen LogP contribution in [0.5, 0.6) is 0 Å². The molecule has 0 bridgehead atoms. The summed E-state index contributed by atoms with van der Waals surface area (Å²) >= 11 is 12.2. The number of aromatic nitrogens is 3. The van der Waals surface area contributed by atoms with Crippen LogP contribution in [0.15, 0.2) is 48.5 Å². The molecule has 0 saturated heterocycles. The van der Waals surface area contributed by atoms with Crippen LogP contribution < -0.4 is 10.2 Å². The van der Waals surface area contributed by atoms with E-state index in [1.54, 1.807) is 6.07 Å². The number of aryl methyl sites for hydroxylation is 1. The predicted molar refractivity (Wildman–Crippen MR) is 144 cm³/mol. The molecule has 0 saturated carbocycles. The molecule has 0 unspecified atom stereocenters. The molecule has 35 heavy (non-hydrogen) atoms. The van der Waals surface area contributed by atoms with E-state index < -0.39 is 0 Å². The van der Waals surface area contributed by atoms with Gasteiger partial charge in [-0.25, -0.2) is 9.67 Å². The molecule has 2 heterocycles. The Morgan fingerprint density at radius 2 is 1.97 bits per heavy atom. The molecule has 0 fully saturated rings. The van der Waals surface area contributed by atoms with Crippen molar-refractivity contribution >= 4 is 57.5 Å². The van der Waals surface area contributed by atoms with Crippen molar-refractivity contribution in [3.63, 3.8) is 0 Å². The van der Waals surface area contributed by atoms with Crippen molar-refractivity contribution in [1.29, 1.82) is 0 Å². The topological polar surface area (TPSA) is 80.1 Å². The van der Waals surface area contributed by atoms with Gasteiger partial charge in [0.25, 0.3) is 5.24 Å². The zero-order valence-electron chi connectivity index (χ0n) is 19.1. The maximum Gasteiger partial charge on any atom is 0.282 e. The van der Waals surface area contributed by atoms with E-state index in [9.17, 15) is 9.59 Å². The average Bonchev–Trinajstić information content (AvgIpc) is 3.40. The summed E-state index contributed by atoms with van der Waals surface area (Å²) in [5.41, 5.74) is 6.23. The lowest BCUT2D eigenvalue weighted by molar-refractivity contribution is -0.114. The van der Waals surface area contributed by atoms with Gasteiger partial charge in [-0.3, -0.25) is 9.59 Å². The minimum atomic E-state index is -0.348. The van der Waals surface area contributed by atoms with Crippen LogP contribution in [0.2, 0.25) is 5.02 Å². The molecule has 2 aromatic heterocycles. The lowest BCUT2D eigenvalue weighted by Crippen LogP contribution is -2.25. The maximum atomic E-state index is 11.9. The second-order valence-electron chi connectivity index (χ2n) is 8.09. The quantitative estimate of drug-likeness (QED) is 0.303. The molecular formula is C25H22ClN5O2S2. The van der Waals surface area contributed by atoms with Gasteiger partial charge in [-0.2, -0.15) is 5.10 Å². The van der Waals surface area contributed by atoms with Gasteiger partial charge >= 0.3 is 0 Å². The number of carbonyl (C=O) groups excluding carboxylic acids is 2. The van der Waals surface area contributed by atoms with E-state index in [1.165, 1.54) is 23.2 Å². The van der Waals surface area contributed by atoms with Gasteiger partial charge in [0, 0.05) is 30.3 Å². The van der Waals surface area contributed by atoms with E-state index in [0.29, 0.717) is 28.1 Å². The van der Waals surface area contributed by atoms with Crippen molar-refractivity contribution < 1.29 is 9.59 Å². The summed E-state index contributed by atoms with van der Waals surface area (Å²) in [6.45, 7) is 3.83. The summed E-state index contributed by atoms with van der Waals surface area (Å²) in [6.07, 6.45) is 1.52. The lowest BCUT2D eigenvalue weighted by atomic mass is 9.95. The smallest absolute Gasteiger partial charge is 0.282 e. The first-order chi connectivity index (χ1) is 16.9. The molecule has 1 aliphatic rings. The highest BCUT2D eigenvalue weighted by Gasteiger charge is 2.30. The molecule has 4 aromatic rings. The Kier molecular flexibility index (Phi) is 6.39. The van der Waals surface area contributed by atoms with Gasteiger partial charge in [0.2, 0.25) is 5.91 Å². The Balaban J connectivity index is 1.70. The van der Waals surface area contributed by atoms with Crippen molar-refractivity contribution in [3.05, 3.63) is 64.8 Å². The predicted octanol–water partition coefficient (Wildman–Crippen LogP) is 6.25. The molecule has 1 aliphatic carbocycles. The first-order valence-corrected chi connectivity index (χ1v) is 12.8. The number of amides is 2. The number of fused-ring (bicyclic) bond motifs is 3. The normalized spacial score (nSPS) is 12.1. The molecule has 0 spiro atoms. The standard InChI is InChI=1S/C25H22ClN5O2S2/c1-3-30(25(33)34)16-9-12-20(18(26)13-16)31-22-17(21(29-31)15-7-5-4-6-8-15)10-11-19-23(22)35-24(28-19)27-14(2)32/h4-9,12-13H,3,10-11H2,1-2H3,(H,33,34)(H,27,28,32). The maximum absolute atomic E-state index is 11.9. The highest BCUT2D eigenvalue weighted by molar-refractivity contribution is 7.96. The minimum Gasteiger partial charge on any atom is -0.304 e. The average molecular weight is 524 g/mol. The fraction of sp³-hybridized carbons (Fsp3) is 0.200. The Hall–Kier alpha value is -3.14. The Labute approximate surface area is 217 Å². The Morgan fingerprint density at radius 3 is 2.63 bits per heavy atom. The van der Waals surface area contributed by atoms with Gasteiger partial charge in [-0.05, 0) is 38.0 Å². The number of benzene rings is 2. The first-order valence-electron chi connectivity index (χ1n) is 11.1. The summed E-state index contributed by atoms with van der Waals surface area (Å²) in [5.74, 6) is -0.160. The summed E-state index contributed by atoms with van der Waals surface area (Å²) in [4.78, 5) is 30.7. The van der Waals surface area contributed by atoms with Crippen molar-refractivity contribution in [2.24, 2.45) is 0 Å². The van der Waals surface area contributed by atoms with E-state index >= 15 is 0 Å². The fourth-order valence-corrected chi connectivity index (χ4v) is 5.97. The zero-order valence-corrected chi connectivity index (χ0v) is 21.5. The van der Waals surface area contributed by atoms with Crippen molar-refractivity contribution in [1.82, 2.24) is 14.8 Å². The van der Waals surface area contributed by atoms with Crippen molar-refractivity contribution in [2.75, 3.05) is 16.8 Å². The SMILES string of the molecule is CCN(C(=O)S)c1ccc(-n2nc(-c3ccccc3)c3c2-c2sc(NC(C)=O)nc2CC3)c(Cl)c1. The van der Waals surface area contributed by atoms with Gasteiger partial charge in [0.15, 0.2) is 5.13 Å². The third kappa shape index (κ3) is 4.35. The van der Waals surface area contributed by atoms with Gasteiger partial charge in [0.1, 0.15) is 0 Å². The molecule has 0 aliphatic heterocycles. The molecule has 1 N–H and O–H groups in total. The van der Waals surface area contributed by atoms with Crippen LogP contribution in [0.25, 0.3) is 27.5 Å². The van der Waals surface area contributed by atoms with Crippen LogP contribution in [-0.4, -0.2) is 32.5 Å². The van der Waals surface area contributed by atoms with Crippen LogP contribution in [0.3, 0.4) is 0 Å². The summed E-state index contributed by atoms with van der Waals surface area (Å²) in [7, 11) is 0. The first kappa shape index (κ1) is 23.6. The number of hydrogen-bond donors (Lipinski definition) is 2. The van der Waals surface area contributed by atoms with Gasteiger partial charge in [-0.15, -0.1) is 0 Å². The van der Waals surface area contributed by atoms with Gasteiger partial charge < -0.3 is 10.2 Å². The largest absolute Gasteiger partial charge is 0.304 e. The van der Waals surface area contributed by atoms with Crippen LogP contribution in [0.4, 0.5) is 15.6 Å². The molecule has 2 amide bonds. The van der Waals surface area contributed by atoms with Crippen LogP contribution in [-0.2, 0) is 17.6 Å². The Morgan fingerprint density at radius 1 is 1.20 bits per heavy atom. The summed E-state index contributed by atoms with van der Waals surface area (Å²) in [6, 6.07) is 15.5. The second-order valence-corrected chi connectivity index (χ2v) is 9.88. The Bertz CT molecular complexity index is 1450. The van der Waals surface area contributed by atoms with Crippen molar-refractivity contribution in [2.45, 2.75) is 26.7 Å². The van der Waals surface area contributed by atoms with E-state index in [-0.39, 0.29) is 11.1 Å². The summed E-state index contributed by atoms with van der Waals surface area (Å²) < 4.78 is 1.86. The number of nitrogens with zero attached hydrogens (tertiary/aromatic N) is 4. The number of thiazole rings is 1. The molecule has 5 rings (SSSR count). The number of rotatable bonds is 5. The lowest BCUT2D eigenvalue weighted by Gasteiger charge is -2.20. The number of halogens is 1. The molecule has 2 aromatic carbocycles. The zero-order chi connectivity index (χ0) is 24.7. The number of nitrogens with one attached hydrogen (secondary N) is 1. The molecular weight excluding hydrogens is 502 g/mol. The third-order valence-corrected chi connectivity index (χ3v) is 7.42. The molecule has 0 radical (unpaired) electrons. The van der Waals surface area contributed by atoms with E-state index in [2.05, 4.69) is 22.9 Å². The third-order valence-electron chi connectivity index (χ3n) is 5.86. The summed E-state index contributed by atoms with van der Waals surface area (Å²) in [5, 5.41) is 8.50. The minimum absolute atomic E-state index is 0.160. The second kappa shape index (κ2) is 9.49. The molecule has 10 heteroatoms. The monoisotopic (exact) mass is 523 g/mol. The molecule has 178 valence electrons. The van der Waals surface area contributed by atoms with Crippen LogP contribution in [0.1, 0.15) is 25.1 Å². The van der Waals surface area contributed by atoms with Crippen LogP contribution in [0, 0.1) is 0 Å². The van der Waals surface area contributed by atoms with Crippen molar-refractivity contribution in [3.8, 4) is 27.5 Å². The number of carbonyl (C=O) groups is 2. The molecule has 7 nitrogen and oxygen atoms in total. The number of thiol groups is 1. The van der Waals surface area contributed by atoms with Crippen LogP contribution >= 0.6 is 35.6 Å². The van der Waals surface area contributed by atoms with Gasteiger partial charge in [-0.1, -0.05) is 65.9 Å². The van der Waals surface area contributed by atoms with E-state index in [0.717, 1.165) is 45.9 Å². The van der Waals surface area contributed by atoms with Gasteiger partial charge in [0.05, 0.1) is 32.7 Å².